The van der Waals surface area contributed by atoms with Gasteiger partial charge in [0.15, 0.2) is 0 Å². The van der Waals surface area contributed by atoms with Crippen LogP contribution >= 0.6 is 11.6 Å². The van der Waals surface area contributed by atoms with Crippen molar-refractivity contribution in [3.05, 3.63) is 0 Å². The molecule has 148 valence electrons. The Balaban J connectivity index is 1.33. The van der Waals surface area contributed by atoms with Crippen LogP contribution in [0.15, 0.2) is 0 Å². The minimum absolute atomic E-state index is 0.0409. The minimum Gasteiger partial charge on any atom is -0.353 e. The third kappa shape index (κ3) is 3.75. The molecule has 4 fully saturated rings. The Morgan fingerprint density at radius 2 is 2.15 bits per heavy atom. The summed E-state index contributed by atoms with van der Waals surface area (Å²) < 4.78 is 0. The number of nitrogens with one attached hydrogen (secondary N) is 4. The lowest BCUT2D eigenvalue weighted by Gasteiger charge is -2.40. The van der Waals surface area contributed by atoms with Crippen LogP contribution in [-0.4, -0.2) is 54.9 Å². The number of nitrogens with zero attached hydrogens (tertiary/aromatic N) is 1. The predicted molar refractivity (Wildman–Crippen MR) is 99.9 cm³/mol. The van der Waals surface area contributed by atoms with Crippen molar-refractivity contribution in [2.45, 2.75) is 62.8 Å². The fraction of sp³-hybridized carbons (Fsp3) is 0.944. The van der Waals surface area contributed by atoms with E-state index in [0.717, 1.165) is 45.2 Å². The monoisotopic (exact) mass is 385 g/mol. The van der Waals surface area contributed by atoms with Crippen LogP contribution in [0.5, 0.6) is 0 Å². The summed E-state index contributed by atoms with van der Waals surface area (Å²) in [6, 6.07) is 0.228. The van der Waals surface area contributed by atoms with E-state index in [4.69, 9.17) is 16.4 Å². The van der Waals surface area contributed by atoms with Gasteiger partial charge in [0.2, 0.25) is 5.91 Å². The van der Waals surface area contributed by atoms with Gasteiger partial charge in [-0.05, 0) is 49.9 Å². The zero-order chi connectivity index (χ0) is 18.3. The molecule has 2 heterocycles. The standard InChI is InChI=1S/C18H32ClN5O2/c1-3-15-22-17(23-26-15)11-6-10-4-5-14(16(10)13(19)7-11)21-18(25)12-8-20-24(2)9-12/h10-17,20,22-23H,3-9H2,1-2H3,(H,21,25)/t10?,11?,12?,13?,14-,15?,16?,17?/m1/s1. The fourth-order valence-electron chi connectivity index (χ4n) is 5.36. The number of carbonyl (C=O) groups excluding carboxylic acids is 1. The van der Waals surface area contributed by atoms with Crippen molar-refractivity contribution in [2.75, 3.05) is 20.1 Å². The second kappa shape index (κ2) is 7.89. The van der Waals surface area contributed by atoms with E-state index in [1.54, 1.807) is 0 Å². The van der Waals surface area contributed by atoms with E-state index in [9.17, 15) is 4.79 Å². The molecule has 0 radical (unpaired) electrons. The number of carbonyl (C=O) groups is 1. The molecule has 2 aliphatic carbocycles. The molecule has 26 heavy (non-hydrogen) atoms. The first-order chi connectivity index (χ1) is 12.5. The number of hydrogen-bond donors (Lipinski definition) is 4. The summed E-state index contributed by atoms with van der Waals surface area (Å²) >= 11 is 6.85. The Hall–Kier alpha value is -0.440. The number of rotatable bonds is 4. The Kier molecular flexibility index (Phi) is 5.74. The van der Waals surface area contributed by atoms with Gasteiger partial charge in [-0.15, -0.1) is 11.6 Å². The number of halogens is 1. The van der Waals surface area contributed by atoms with Crippen molar-refractivity contribution >= 4 is 17.5 Å². The third-order valence-corrected chi connectivity index (χ3v) is 7.22. The summed E-state index contributed by atoms with van der Waals surface area (Å²) in [4.78, 5) is 18.2. The molecular weight excluding hydrogens is 354 g/mol. The molecule has 2 saturated heterocycles. The zero-order valence-electron chi connectivity index (χ0n) is 15.7. The lowest BCUT2D eigenvalue weighted by molar-refractivity contribution is -0.125. The van der Waals surface area contributed by atoms with Gasteiger partial charge in [-0.3, -0.25) is 20.4 Å². The molecule has 4 aliphatic rings. The molecule has 8 atom stereocenters. The number of hydroxylamine groups is 1. The van der Waals surface area contributed by atoms with Crippen LogP contribution in [0.1, 0.15) is 39.0 Å². The average Bonchev–Trinajstić information content (AvgIpc) is 3.34. The van der Waals surface area contributed by atoms with Crippen molar-refractivity contribution < 1.29 is 9.63 Å². The van der Waals surface area contributed by atoms with Gasteiger partial charge in [-0.1, -0.05) is 6.92 Å². The first kappa shape index (κ1) is 18.9. The average molecular weight is 386 g/mol. The number of hydrazine groups is 1. The maximum absolute atomic E-state index is 12.6. The van der Waals surface area contributed by atoms with Crippen LogP contribution in [0, 0.1) is 23.7 Å². The molecular formula is C18H32ClN5O2. The van der Waals surface area contributed by atoms with Gasteiger partial charge < -0.3 is 5.32 Å². The van der Waals surface area contributed by atoms with E-state index in [-0.39, 0.29) is 35.6 Å². The van der Waals surface area contributed by atoms with Gasteiger partial charge in [-0.25, -0.2) is 5.01 Å². The highest BCUT2D eigenvalue weighted by molar-refractivity contribution is 6.21. The minimum atomic E-state index is 0.0409. The molecule has 8 heteroatoms. The number of amides is 1. The van der Waals surface area contributed by atoms with Crippen LogP contribution in [0.25, 0.3) is 0 Å². The highest BCUT2D eigenvalue weighted by Crippen LogP contribution is 2.47. The molecule has 2 saturated carbocycles. The van der Waals surface area contributed by atoms with E-state index in [1.807, 2.05) is 12.1 Å². The summed E-state index contributed by atoms with van der Waals surface area (Å²) in [6.45, 7) is 3.62. The second-order valence-corrected chi connectivity index (χ2v) is 9.05. The van der Waals surface area contributed by atoms with E-state index < -0.39 is 0 Å². The van der Waals surface area contributed by atoms with E-state index in [2.05, 4.69) is 28.5 Å². The Bertz CT molecular complexity index is 524. The first-order valence-corrected chi connectivity index (χ1v) is 10.5. The zero-order valence-corrected chi connectivity index (χ0v) is 16.5. The van der Waals surface area contributed by atoms with E-state index in [1.165, 1.54) is 0 Å². The lowest BCUT2D eigenvalue weighted by Crippen LogP contribution is -2.50. The number of fused-ring (bicyclic) bond motifs is 1. The van der Waals surface area contributed by atoms with Gasteiger partial charge >= 0.3 is 0 Å². The lowest BCUT2D eigenvalue weighted by atomic mass is 9.73. The van der Waals surface area contributed by atoms with Gasteiger partial charge in [-0.2, -0.15) is 5.48 Å². The van der Waals surface area contributed by atoms with Gasteiger partial charge in [0, 0.05) is 31.6 Å². The van der Waals surface area contributed by atoms with Crippen molar-refractivity contribution in [1.82, 2.24) is 26.5 Å². The summed E-state index contributed by atoms with van der Waals surface area (Å²) in [6.07, 6.45) is 5.56. The molecule has 4 N–H and O–H groups in total. The molecule has 0 aromatic carbocycles. The van der Waals surface area contributed by atoms with Crippen LogP contribution in [-0.2, 0) is 9.63 Å². The van der Waals surface area contributed by atoms with Crippen LogP contribution in [0.2, 0.25) is 0 Å². The van der Waals surface area contributed by atoms with Crippen LogP contribution in [0.3, 0.4) is 0 Å². The maximum atomic E-state index is 12.6. The maximum Gasteiger partial charge on any atom is 0.226 e. The molecule has 0 spiro atoms. The van der Waals surface area contributed by atoms with Crippen molar-refractivity contribution in [1.29, 1.82) is 0 Å². The quantitative estimate of drug-likeness (QED) is 0.535. The first-order valence-electron chi connectivity index (χ1n) is 10.1. The third-order valence-electron chi connectivity index (χ3n) is 6.75. The van der Waals surface area contributed by atoms with E-state index >= 15 is 0 Å². The van der Waals surface area contributed by atoms with Crippen molar-refractivity contribution in [3.63, 3.8) is 0 Å². The summed E-state index contributed by atoms with van der Waals surface area (Å²) in [5.74, 6) is 1.69. The largest absolute Gasteiger partial charge is 0.353 e. The van der Waals surface area contributed by atoms with Crippen molar-refractivity contribution in [2.24, 2.45) is 23.7 Å². The SMILES string of the molecule is CCC1NC(C2CC(Cl)C3C(CC[C@H]3NC(=O)C3CNN(C)C3)C2)NO1. The Labute approximate surface area is 160 Å². The summed E-state index contributed by atoms with van der Waals surface area (Å²) in [5.41, 5.74) is 6.37. The summed E-state index contributed by atoms with van der Waals surface area (Å²) in [7, 11) is 1.98. The molecule has 4 rings (SSSR count). The van der Waals surface area contributed by atoms with Gasteiger partial charge in [0.25, 0.3) is 0 Å². The van der Waals surface area contributed by atoms with Gasteiger partial charge in [0.05, 0.1) is 12.1 Å². The predicted octanol–water partition coefficient (Wildman–Crippen LogP) is 0.768. The van der Waals surface area contributed by atoms with Crippen molar-refractivity contribution in [3.8, 4) is 0 Å². The van der Waals surface area contributed by atoms with Gasteiger partial charge in [0.1, 0.15) is 6.23 Å². The molecule has 7 unspecified atom stereocenters. The molecule has 0 aromatic rings. The fourth-order valence-corrected chi connectivity index (χ4v) is 5.97. The second-order valence-electron chi connectivity index (χ2n) is 8.49. The molecule has 1 amide bonds. The smallest absolute Gasteiger partial charge is 0.226 e. The topological polar surface area (TPSA) is 77.7 Å². The molecule has 2 aliphatic heterocycles. The number of alkyl halides is 1. The van der Waals surface area contributed by atoms with Crippen LogP contribution in [0.4, 0.5) is 0 Å². The number of hydrogen-bond acceptors (Lipinski definition) is 6. The Morgan fingerprint density at radius 1 is 1.31 bits per heavy atom. The molecule has 0 bridgehead atoms. The van der Waals surface area contributed by atoms with E-state index in [0.29, 0.717) is 17.8 Å². The summed E-state index contributed by atoms with van der Waals surface area (Å²) in [5, 5.41) is 8.95. The highest BCUT2D eigenvalue weighted by atomic mass is 35.5. The normalized spacial score (nSPS) is 46.4. The molecule has 7 nitrogen and oxygen atoms in total. The Morgan fingerprint density at radius 3 is 2.85 bits per heavy atom. The highest BCUT2D eigenvalue weighted by Gasteiger charge is 2.48. The molecule has 0 aromatic heterocycles. The van der Waals surface area contributed by atoms with Crippen LogP contribution < -0.4 is 21.5 Å².